The van der Waals surface area contributed by atoms with Gasteiger partial charge in [-0.2, -0.15) is 0 Å². The minimum atomic E-state index is 0.175. The van der Waals surface area contributed by atoms with E-state index in [1.165, 1.54) is 11.1 Å². The van der Waals surface area contributed by atoms with Crippen molar-refractivity contribution in [3.63, 3.8) is 0 Å². The predicted molar refractivity (Wildman–Crippen MR) is 74.6 cm³/mol. The van der Waals surface area contributed by atoms with Crippen molar-refractivity contribution in [1.29, 1.82) is 0 Å². The first-order valence-electron chi connectivity index (χ1n) is 6.25. The summed E-state index contributed by atoms with van der Waals surface area (Å²) >= 11 is 0. The third-order valence-corrected chi connectivity index (χ3v) is 3.31. The lowest BCUT2D eigenvalue weighted by Crippen LogP contribution is -2.22. The highest BCUT2D eigenvalue weighted by Gasteiger charge is 2.29. The first-order valence-corrected chi connectivity index (χ1v) is 6.25. The second-order valence-electron chi connectivity index (χ2n) is 4.60. The smallest absolute Gasteiger partial charge is 0.101 e. The van der Waals surface area contributed by atoms with Gasteiger partial charge >= 0.3 is 0 Å². The summed E-state index contributed by atoms with van der Waals surface area (Å²) in [7, 11) is 0. The standard InChI is InChI=1S/C16H16N2/c1-12-17-15(13-8-4-2-5-9-13)16(18-12)14-10-6-3-7-11-14/h2-11,15-16H,1H3,(H,17,18)/t15-,16-/m0/s1. The first kappa shape index (κ1) is 11.0. The number of hydrogen-bond acceptors (Lipinski definition) is 2. The molecule has 3 rings (SSSR count). The minimum absolute atomic E-state index is 0.175. The Kier molecular flexibility index (Phi) is 2.85. The molecule has 2 heteroatoms. The number of nitrogens with one attached hydrogen (secondary N) is 1. The Hall–Kier alpha value is -2.09. The molecule has 1 aliphatic rings. The van der Waals surface area contributed by atoms with Crippen molar-refractivity contribution in [3.05, 3.63) is 71.8 Å². The van der Waals surface area contributed by atoms with Crippen LogP contribution in [0.1, 0.15) is 30.1 Å². The quantitative estimate of drug-likeness (QED) is 0.848. The van der Waals surface area contributed by atoms with Crippen molar-refractivity contribution in [1.82, 2.24) is 5.32 Å². The molecule has 2 aromatic rings. The molecule has 1 aliphatic heterocycles. The molecule has 90 valence electrons. The van der Waals surface area contributed by atoms with Crippen LogP contribution in [0.25, 0.3) is 0 Å². The molecular formula is C16H16N2. The van der Waals surface area contributed by atoms with E-state index in [0.717, 1.165) is 5.84 Å². The summed E-state index contributed by atoms with van der Waals surface area (Å²) in [5, 5.41) is 3.47. The summed E-state index contributed by atoms with van der Waals surface area (Å²) in [5.74, 6) is 1.01. The largest absolute Gasteiger partial charge is 0.365 e. The second kappa shape index (κ2) is 4.65. The molecule has 0 radical (unpaired) electrons. The van der Waals surface area contributed by atoms with Crippen LogP contribution in [-0.4, -0.2) is 5.84 Å². The number of aliphatic imine (C=N–C) groups is 1. The van der Waals surface area contributed by atoms with Crippen molar-refractivity contribution in [2.24, 2.45) is 4.99 Å². The zero-order chi connectivity index (χ0) is 12.4. The SMILES string of the molecule is CC1=N[C@@H](c2ccccc2)[C@H](c2ccccc2)N1. The van der Waals surface area contributed by atoms with Crippen LogP contribution in [0.2, 0.25) is 0 Å². The molecule has 0 spiro atoms. The first-order chi connectivity index (χ1) is 8.84. The van der Waals surface area contributed by atoms with Crippen LogP contribution < -0.4 is 5.32 Å². The van der Waals surface area contributed by atoms with E-state index >= 15 is 0 Å². The lowest BCUT2D eigenvalue weighted by Gasteiger charge is -2.19. The monoisotopic (exact) mass is 236 g/mol. The topological polar surface area (TPSA) is 24.4 Å². The molecule has 18 heavy (non-hydrogen) atoms. The highest BCUT2D eigenvalue weighted by atomic mass is 15.1. The lowest BCUT2D eigenvalue weighted by molar-refractivity contribution is 0.572. The van der Waals surface area contributed by atoms with Gasteiger partial charge in [0.05, 0.1) is 11.9 Å². The Morgan fingerprint density at radius 2 is 1.39 bits per heavy atom. The third kappa shape index (κ3) is 2.02. The van der Waals surface area contributed by atoms with Crippen molar-refractivity contribution < 1.29 is 0 Å². The van der Waals surface area contributed by atoms with E-state index in [0.29, 0.717) is 0 Å². The minimum Gasteiger partial charge on any atom is -0.365 e. The van der Waals surface area contributed by atoms with E-state index in [-0.39, 0.29) is 12.1 Å². The molecule has 2 aromatic carbocycles. The molecule has 1 N–H and O–H groups in total. The summed E-state index contributed by atoms with van der Waals surface area (Å²) in [4.78, 5) is 4.72. The Morgan fingerprint density at radius 3 is 2.00 bits per heavy atom. The zero-order valence-corrected chi connectivity index (χ0v) is 10.4. The molecule has 0 amide bonds. The Labute approximate surface area is 107 Å². The van der Waals surface area contributed by atoms with Crippen LogP contribution in [0.15, 0.2) is 65.7 Å². The van der Waals surface area contributed by atoms with Crippen LogP contribution >= 0.6 is 0 Å². The van der Waals surface area contributed by atoms with Crippen molar-refractivity contribution >= 4 is 5.84 Å². The summed E-state index contributed by atoms with van der Waals surface area (Å²) in [6.45, 7) is 2.03. The molecule has 0 unspecified atom stereocenters. The van der Waals surface area contributed by atoms with E-state index in [1.54, 1.807) is 0 Å². The van der Waals surface area contributed by atoms with Gasteiger partial charge in [-0.05, 0) is 18.1 Å². The highest BCUT2D eigenvalue weighted by Crippen LogP contribution is 2.35. The molecule has 0 aromatic heterocycles. The van der Waals surface area contributed by atoms with Crippen molar-refractivity contribution in [2.45, 2.75) is 19.0 Å². The van der Waals surface area contributed by atoms with Gasteiger partial charge in [-0.15, -0.1) is 0 Å². The molecule has 0 bridgehead atoms. The number of amidine groups is 1. The van der Waals surface area contributed by atoms with Crippen LogP contribution in [-0.2, 0) is 0 Å². The summed E-state index contributed by atoms with van der Waals surface area (Å²) < 4.78 is 0. The molecule has 2 atom stereocenters. The maximum absolute atomic E-state index is 4.72. The number of hydrogen-bond donors (Lipinski definition) is 1. The van der Waals surface area contributed by atoms with E-state index in [9.17, 15) is 0 Å². The Morgan fingerprint density at radius 1 is 0.833 bits per heavy atom. The van der Waals surface area contributed by atoms with Gasteiger partial charge in [0, 0.05) is 0 Å². The molecule has 0 saturated carbocycles. The predicted octanol–water partition coefficient (Wildman–Crippen LogP) is 3.49. The van der Waals surface area contributed by atoms with E-state index in [2.05, 4.69) is 53.8 Å². The maximum Gasteiger partial charge on any atom is 0.101 e. The van der Waals surface area contributed by atoms with Gasteiger partial charge in [-0.25, -0.2) is 0 Å². The fourth-order valence-corrected chi connectivity index (χ4v) is 2.47. The molecule has 0 fully saturated rings. The van der Waals surface area contributed by atoms with Gasteiger partial charge in [0.2, 0.25) is 0 Å². The summed E-state index contributed by atoms with van der Waals surface area (Å²) in [5.41, 5.74) is 2.54. The van der Waals surface area contributed by atoms with Gasteiger partial charge in [0.15, 0.2) is 0 Å². The highest BCUT2D eigenvalue weighted by molar-refractivity contribution is 5.82. The normalized spacial score (nSPS) is 22.4. The van der Waals surface area contributed by atoms with E-state index in [4.69, 9.17) is 4.99 Å². The summed E-state index contributed by atoms with van der Waals surface area (Å²) in [6, 6.07) is 21.4. The van der Waals surface area contributed by atoms with Crippen LogP contribution in [0.4, 0.5) is 0 Å². The van der Waals surface area contributed by atoms with Gasteiger partial charge in [0.25, 0.3) is 0 Å². The van der Waals surface area contributed by atoms with Crippen LogP contribution in [0, 0.1) is 0 Å². The Balaban J connectivity index is 1.97. The van der Waals surface area contributed by atoms with Gasteiger partial charge in [-0.3, -0.25) is 4.99 Å². The van der Waals surface area contributed by atoms with Crippen molar-refractivity contribution in [3.8, 4) is 0 Å². The average Bonchev–Trinajstić information content (AvgIpc) is 2.83. The number of benzene rings is 2. The fraction of sp³-hybridized carbons (Fsp3) is 0.188. The van der Waals surface area contributed by atoms with Crippen molar-refractivity contribution in [2.75, 3.05) is 0 Å². The maximum atomic E-state index is 4.72. The van der Waals surface area contributed by atoms with Crippen LogP contribution in [0.5, 0.6) is 0 Å². The summed E-state index contributed by atoms with van der Waals surface area (Å²) in [6.07, 6.45) is 0. The van der Waals surface area contributed by atoms with Crippen LogP contribution in [0.3, 0.4) is 0 Å². The lowest BCUT2D eigenvalue weighted by atomic mass is 9.95. The molecular weight excluding hydrogens is 220 g/mol. The number of nitrogens with zero attached hydrogens (tertiary/aromatic N) is 1. The van der Waals surface area contributed by atoms with Gasteiger partial charge < -0.3 is 5.32 Å². The van der Waals surface area contributed by atoms with E-state index in [1.807, 2.05) is 19.1 Å². The fourth-order valence-electron chi connectivity index (χ4n) is 2.47. The average molecular weight is 236 g/mol. The second-order valence-corrected chi connectivity index (χ2v) is 4.60. The van der Waals surface area contributed by atoms with Gasteiger partial charge in [-0.1, -0.05) is 60.7 Å². The van der Waals surface area contributed by atoms with Gasteiger partial charge in [0.1, 0.15) is 6.04 Å². The molecule has 0 aliphatic carbocycles. The molecule has 0 saturated heterocycles. The van der Waals surface area contributed by atoms with E-state index < -0.39 is 0 Å². The molecule has 1 heterocycles. The molecule has 2 nitrogen and oxygen atoms in total. The third-order valence-electron chi connectivity index (χ3n) is 3.31. The zero-order valence-electron chi connectivity index (χ0n) is 10.4. The Bertz CT molecular complexity index is 546. The number of rotatable bonds is 2.